The van der Waals surface area contributed by atoms with Gasteiger partial charge in [-0.3, -0.25) is 9.59 Å². The van der Waals surface area contributed by atoms with E-state index in [9.17, 15) is 9.59 Å². The first-order valence-corrected chi connectivity index (χ1v) is 12.0. The number of carbonyl (C=O) groups excluding carboxylic acids is 2. The molecule has 176 valence electrons. The molecule has 4 nitrogen and oxygen atoms in total. The molecule has 35 heavy (non-hydrogen) atoms. The van der Waals surface area contributed by atoms with E-state index in [1.165, 1.54) is 5.56 Å². The molecule has 1 atom stereocenters. The summed E-state index contributed by atoms with van der Waals surface area (Å²) >= 11 is 0. The van der Waals surface area contributed by atoms with Crippen molar-refractivity contribution in [2.24, 2.45) is 0 Å². The third-order valence-corrected chi connectivity index (χ3v) is 5.96. The molecular formula is C31H30N2O2. The fraction of sp³-hybridized carbons (Fsp3) is 0.161. The first kappa shape index (κ1) is 24.0. The number of carbonyl (C=O) groups is 2. The van der Waals surface area contributed by atoms with Gasteiger partial charge in [0.15, 0.2) is 0 Å². The van der Waals surface area contributed by atoms with Gasteiger partial charge in [0.05, 0.1) is 0 Å². The van der Waals surface area contributed by atoms with Crippen molar-refractivity contribution in [3.63, 3.8) is 0 Å². The van der Waals surface area contributed by atoms with Gasteiger partial charge in [0, 0.05) is 25.1 Å². The molecule has 4 heteroatoms. The standard InChI is InChI=1S/C31H30N2O2/c34-30(28-19-11-4-12-20-28)32-29(23-26-15-7-2-8-16-26)31(35)33(24-27-17-9-3-10-18-27)22-21-25-13-5-1-6-14-25/h1-20,29H,21-24H2,(H,32,34). The zero-order chi connectivity index (χ0) is 24.3. The van der Waals surface area contributed by atoms with Crippen LogP contribution >= 0.6 is 0 Å². The van der Waals surface area contributed by atoms with Crippen LogP contribution in [0.3, 0.4) is 0 Å². The number of amides is 2. The third kappa shape index (κ3) is 7.15. The maximum Gasteiger partial charge on any atom is 0.251 e. The van der Waals surface area contributed by atoms with E-state index in [4.69, 9.17) is 0 Å². The highest BCUT2D eigenvalue weighted by Gasteiger charge is 2.27. The van der Waals surface area contributed by atoms with Gasteiger partial charge in [0.2, 0.25) is 5.91 Å². The zero-order valence-corrected chi connectivity index (χ0v) is 19.7. The van der Waals surface area contributed by atoms with Crippen LogP contribution in [0.25, 0.3) is 0 Å². The Morgan fingerprint density at radius 3 is 1.69 bits per heavy atom. The van der Waals surface area contributed by atoms with Crippen LogP contribution in [0.2, 0.25) is 0 Å². The van der Waals surface area contributed by atoms with E-state index in [0.29, 0.717) is 25.1 Å². The van der Waals surface area contributed by atoms with Crippen LogP contribution < -0.4 is 5.32 Å². The van der Waals surface area contributed by atoms with Crippen LogP contribution in [0.1, 0.15) is 27.0 Å². The second-order valence-corrected chi connectivity index (χ2v) is 8.56. The normalized spacial score (nSPS) is 11.4. The van der Waals surface area contributed by atoms with Gasteiger partial charge in [-0.25, -0.2) is 0 Å². The van der Waals surface area contributed by atoms with Gasteiger partial charge in [-0.15, -0.1) is 0 Å². The predicted molar refractivity (Wildman–Crippen MR) is 140 cm³/mol. The lowest BCUT2D eigenvalue weighted by Crippen LogP contribution is -2.50. The fourth-order valence-electron chi connectivity index (χ4n) is 4.08. The molecular weight excluding hydrogens is 432 g/mol. The average Bonchev–Trinajstić information content (AvgIpc) is 2.92. The zero-order valence-electron chi connectivity index (χ0n) is 19.7. The minimum Gasteiger partial charge on any atom is -0.340 e. The maximum absolute atomic E-state index is 14.0. The van der Waals surface area contributed by atoms with Crippen LogP contribution in [0, 0.1) is 0 Å². The Morgan fingerprint density at radius 2 is 1.11 bits per heavy atom. The van der Waals surface area contributed by atoms with Crippen LogP contribution in [-0.4, -0.2) is 29.3 Å². The molecule has 0 aliphatic carbocycles. The number of benzene rings is 4. The lowest BCUT2D eigenvalue weighted by atomic mass is 10.0. The van der Waals surface area contributed by atoms with Crippen molar-refractivity contribution in [2.75, 3.05) is 6.54 Å². The minimum absolute atomic E-state index is 0.0853. The highest BCUT2D eigenvalue weighted by atomic mass is 16.2. The van der Waals surface area contributed by atoms with Crippen LogP contribution in [0.4, 0.5) is 0 Å². The van der Waals surface area contributed by atoms with Gasteiger partial charge in [0.25, 0.3) is 5.91 Å². The van der Waals surface area contributed by atoms with Crippen molar-refractivity contribution < 1.29 is 9.59 Å². The summed E-state index contributed by atoms with van der Waals surface area (Å²) in [4.78, 5) is 28.8. The van der Waals surface area contributed by atoms with Gasteiger partial charge >= 0.3 is 0 Å². The summed E-state index contributed by atoms with van der Waals surface area (Å²) in [5.41, 5.74) is 3.77. The summed E-state index contributed by atoms with van der Waals surface area (Å²) in [7, 11) is 0. The Morgan fingerprint density at radius 1 is 0.629 bits per heavy atom. The Bertz CT molecular complexity index is 1200. The molecule has 0 spiro atoms. The molecule has 0 heterocycles. The second-order valence-electron chi connectivity index (χ2n) is 8.56. The smallest absolute Gasteiger partial charge is 0.251 e. The first-order valence-electron chi connectivity index (χ1n) is 12.0. The predicted octanol–water partition coefficient (Wildman–Crippen LogP) is 5.30. The highest BCUT2D eigenvalue weighted by molar-refractivity contribution is 5.97. The summed E-state index contributed by atoms with van der Waals surface area (Å²) < 4.78 is 0. The molecule has 1 unspecified atom stereocenters. The summed E-state index contributed by atoms with van der Waals surface area (Å²) in [6.45, 7) is 1.04. The van der Waals surface area contributed by atoms with E-state index in [2.05, 4.69) is 17.4 Å². The highest BCUT2D eigenvalue weighted by Crippen LogP contribution is 2.13. The van der Waals surface area contributed by atoms with E-state index in [-0.39, 0.29) is 11.8 Å². The molecule has 0 saturated heterocycles. The molecule has 0 aliphatic rings. The SMILES string of the molecule is O=C(NC(Cc1ccccc1)C(=O)N(CCc1ccccc1)Cc1ccccc1)c1ccccc1. The molecule has 0 radical (unpaired) electrons. The number of hydrogen-bond donors (Lipinski definition) is 1. The Hall–Kier alpha value is -4.18. The summed E-state index contributed by atoms with van der Waals surface area (Å²) in [6.07, 6.45) is 1.17. The maximum atomic E-state index is 14.0. The second kappa shape index (κ2) is 12.3. The van der Waals surface area contributed by atoms with Gasteiger partial charge in [-0.1, -0.05) is 109 Å². The molecule has 4 aromatic carbocycles. The van der Waals surface area contributed by atoms with E-state index < -0.39 is 6.04 Å². The number of nitrogens with zero attached hydrogens (tertiary/aromatic N) is 1. The Kier molecular flexibility index (Phi) is 8.44. The van der Waals surface area contributed by atoms with Crippen LogP contribution in [-0.2, 0) is 24.2 Å². The van der Waals surface area contributed by atoms with Gasteiger partial charge in [-0.05, 0) is 35.2 Å². The molecule has 0 aliphatic heterocycles. The van der Waals surface area contributed by atoms with Crippen molar-refractivity contribution in [1.82, 2.24) is 10.2 Å². The molecule has 0 aromatic heterocycles. The molecule has 4 rings (SSSR count). The lowest BCUT2D eigenvalue weighted by molar-refractivity contribution is -0.133. The van der Waals surface area contributed by atoms with E-state index in [1.807, 2.05) is 102 Å². The minimum atomic E-state index is -0.676. The average molecular weight is 463 g/mol. The Labute approximate surface area is 207 Å². The summed E-state index contributed by atoms with van der Waals surface area (Å²) in [5.74, 6) is -0.333. The third-order valence-electron chi connectivity index (χ3n) is 5.96. The van der Waals surface area contributed by atoms with Crippen molar-refractivity contribution >= 4 is 11.8 Å². The monoisotopic (exact) mass is 462 g/mol. The van der Waals surface area contributed by atoms with Crippen LogP contribution in [0.15, 0.2) is 121 Å². The van der Waals surface area contributed by atoms with Crippen molar-refractivity contribution in [3.05, 3.63) is 144 Å². The topological polar surface area (TPSA) is 49.4 Å². The number of nitrogens with one attached hydrogen (secondary N) is 1. The molecule has 2 amide bonds. The fourth-order valence-corrected chi connectivity index (χ4v) is 4.08. The quantitative estimate of drug-likeness (QED) is 0.348. The molecule has 4 aromatic rings. The molecule has 0 saturated carbocycles. The summed E-state index contributed by atoms with van der Waals surface area (Å²) in [6, 6.07) is 38.3. The molecule has 0 bridgehead atoms. The van der Waals surface area contributed by atoms with Crippen molar-refractivity contribution in [2.45, 2.75) is 25.4 Å². The number of rotatable bonds is 10. The molecule has 0 fully saturated rings. The van der Waals surface area contributed by atoms with Crippen molar-refractivity contribution in [1.29, 1.82) is 0 Å². The first-order chi connectivity index (χ1) is 17.2. The van der Waals surface area contributed by atoms with E-state index in [1.54, 1.807) is 12.1 Å². The van der Waals surface area contributed by atoms with Crippen LogP contribution in [0.5, 0.6) is 0 Å². The largest absolute Gasteiger partial charge is 0.340 e. The van der Waals surface area contributed by atoms with E-state index in [0.717, 1.165) is 17.5 Å². The number of hydrogen-bond acceptors (Lipinski definition) is 2. The van der Waals surface area contributed by atoms with Gasteiger partial charge < -0.3 is 10.2 Å². The van der Waals surface area contributed by atoms with Gasteiger partial charge in [-0.2, -0.15) is 0 Å². The Balaban J connectivity index is 1.58. The van der Waals surface area contributed by atoms with Gasteiger partial charge in [0.1, 0.15) is 6.04 Å². The molecule has 1 N–H and O–H groups in total. The lowest BCUT2D eigenvalue weighted by Gasteiger charge is -2.28. The van der Waals surface area contributed by atoms with E-state index >= 15 is 0 Å². The summed E-state index contributed by atoms with van der Waals surface area (Å²) in [5, 5.41) is 3.02. The van der Waals surface area contributed by atoms with Crippen molar-refractivity contribution in [3.8, 4) is 0 Å².